The Morgan fingerprint density at radius 2 is 2.00 bits per heavy atom. The Morgan fingerprint density at radius 1 is 1.28 bits per heavy atom. The lowest BCUT2D eigenvalue weighted by Crippen LogP contribution is -2.12. The molecule has 0 saturated carbocycles. The Bertz CT molecular complexity index is 525. The average Bonchev–Trinajstić information content (AvgIpc) is 2.39. The highest BCUT2D eigenvalue weighted by molar-refractivity contribution is 5.89. The van der Waals surface area contributed by atoms with Crippen molar-refractivity contribution in [3.05, 3.63) is 36.0 Å². The predicted octanol–water partition coefficient (Wildman–Crippen LogP) is 3.26. The Labute approximate surface area is 108 Å². The largest absolute Gasteiger partial charge is 0.474 e. The summed E-state index contributed by atoms with van der Waals surface area (Å²) in [6.07, 6.45) is 4.15. The van der Waals surface area contributed by atoms with Crippen LogP contribution in [0.5, 0.6) is 5.88 Å². The smallest absolute Gasteiger partial charge is 0.221 e. The van der Waals surface area contributed by atoms with Gasteiger partial charge in [-0.3, -0.25) is 0 Å². The van der Waals surface area contributed by atoms with Crippen molar-refractivity contribution in [2.45, 2.75) is 39.3 Å². The van der Waals surface area contributed by atoms with Crippen LogP contribution in [-0.2, 0) is 6.54 Å². The van der Waals surface area contributed by atoms with Crippen LogP contribution < -0.4 is 10.5 Å². The lowest BCUT2D eigenvalue weighted by molar-refractivity contribution is 0.204. The van der Waals surface area contributed by atoms with E-state index in [1.807, 2.05) is 24.4 Å². The van der Waals surface area contributed by atoms with Crippen LogP contribution in [0.3, 0.4) is 0 Å². The van der Waals surface area contributed by atoms with Crippen LogP contribution >= 0.6 is 0 Å². The first kappa shape index (κ1) is 12.8. The van der Waals surface area contributed by atoms with Gasteiger partial charge < -0.3 is 10.5 Å². The maximum absolute atomic E-state index is 5.92. The van der Waals surface area contributed by atoms with E-state index in [-0.39, 0.29) is 6.10 Å². The maximum Gasteiger partial charge on any atom is 0.221 e. The van der Waals surface area contributed by atoms with E-state index in [4.69, 9.17) is 10.5 Å². The Hall–Kier alpha value is -1.61. The molecule has 1 aromatic heterocycles. The minimum Gasteiger partial charge on any atom is -0.474 e. The normalized spacial score (nSPS) is 12.6. The topological polar surface area (TPSA) is 48.1 Å². The van der Waals surface area contributed by atoms with Gasteiger partial charge in [0.1, 0.15) is 0 Å². The molecular weight excluding hydrogens is 224 g/mol. The average molecular weight is 244 g/mol. The molecule has 1 atom stereocenters. The van der Waals surface area contributed by atoms with Crippen molar-refractivity contribution < 1.29 is 4.74 Å². The molecule has 0 bridgehead atoms. The molecule has 0 radical (unpaired) electrons. The lowest BCUT2D eigenvalue weighted by Gasteiger charge is -2.15. The molecule has 0 spiro atoms. The quantitative estimate of drug-likeness (QED) is 0.878. The van der Waals surface area contributed by atoms with Gasteiger partial charge in [-0.15, -0.1) is 0 Å². The number of nitrogens with two attached hydrogens (primary N) is 1. The maximum atomic E-state index is 5.92. The monoisotopic (exact) mass is 244 g/mol. The molecule has 0 amide bonds. The third kappa shape index (κ3) is 2.62. The number of pyridine rings is 1. The van der Waals surface area contributed by atoms with E-state index >= 15 is 0 Å². The Kier molecular flexibility index (Phi) is 4.15. The van der Waals surface area contributed by atoms with Crippen LogP contribution in [0.15, 0.2) is 30.5 Å². The van der Waals surface area contributed by atoms with E-state index in [2.05, 4.69) is 24.9 Å². The third-order valence-corrected chi connectivity index (χ3v) is 3.07. The number of fused-ring (bicyclic) bond motifs is 1. The summed E-state index contributed by atoms with van der Waals surface area (Å²) in [7, 11) is 0. The van der Waals surface area contributed by atoms with Gasteiger partial charge in [-0.2, -0.15) is 0 Å². The fourth-order valence-corrected chi connectivity index (χ4v) is 2.14. The van der Waals surface area contributed by atoms with E-state index in [0.717, 1.165) is 29.2 Å². The molecule has 0 fully saturated rings. The molecule has 3 nitrogen and oxygen atoms in total. The first-order valence-electron chi connectivity index (χ1n) is 6.49. The number of hydrogen-bond donors (Lipinski definition) is 1. The van der Waals surface area contributed by atoms with Gasteiger partial charge in [0.25, 0.3) is 0 Å². The molecule has 0 saturated heterocycles. The molecule has 1 heterocycles. The van der Waals surface area contributed by atoms with Gasteiger partial charge in [0.15, 0.2) is 0 Å². The van der Waals surface area contributed by atoms with Gasteiger partial charge in [-0.05, 0) is 30.4 Å². The van der Waals surface area contributed by atoms with Gasteiger partial charge in [0.05, 0.1) is 6.10 Å². The molecule has 1 aromatic carbocycles. The van der Waals surface area contributed by atoms with Crippen molar-refractivity contribution in [2.24, 2.45) is 5.73 Å². The van der Waals surface area contributed by atoms with Crippen LogP contribution in [0.25, 0.3) is 10.8 Å². The van der Waals surface area contributed by atoms with Crippen molar-refractivity contribution in [1.82, 2.24) is 4.98 Å². The Balaban J connectivity index is 2.40. The van der Waals surface area contributed by atoms with Gasteiger partial charge in [-0.1, -0.05) is 31.5 Å². The molecule has 1 unspecified atom stereocenters. The summed E-state index contributed by atoms with van der Waals surface area (Å²) in [4.78, 5) is 4.40. The van der Waals surface area contributed by atoms with Crippen LogP contribution in [-0.4, -0.2) is 11.1 Å². The number of benzene rings is 1. The fourth-order valence-electron chi connectivity index (χ4n) is 2.14. The predicted molar refractivity (Wildman–Crippen MR) is 74.6 cm³/mol. The Morgan fingerprint density at radius 3 is 2.67 bits per heavy atom. The fraction of sp³-hybridized carbons (Fsp3) is 0.400. The standard InChI is InChI=1S/C15H20N2O/c1-3-6-11(2)18-15-14-8-5-4-7-13(14)12(9-16)10-17-15/h4-5,7-8,10-11H,3,6,9,16H2,1-2H3. The van der Waals surface area contributed by atoms with Gasteiger partial charge in [-0.25, -0.2) is 4.98 Å². The molecule has 2 aromatic rings. The number of ether oxygens (including phenoxy) is 1. The highest BCUT2D eigenvalue weighted by Gasteiger charge is 2.10. The first-order valence-corrected chi connectivity index (χ1v) is 6.49. The third-order valence-electron chi connectivity index (χ3n) is 3.07. The minimum absolute atomic E-state index is 0.189. The molecule has 2 N–H and O–H groups in total. The van der Waals surface area contributed by atoms with Crippen LogP contribution in [0.4, 0.5) is 0 Å². The van der Waals surface area contributed by atoms with Crippen LogP contribution in [0.2, 0.25) is 0 Å². The van der Waals surface area contributed by atoms with Crippen molar-refractivity contribution in [3.8, 4) is 5.88 Å². The zero-order valence-electron chi connectivity index (χ0n) is 11.0. The summed E-state index contributed by atoms with van der Waals surface area (Å²) < 4.78 is 5.92. The van der Waals surface area contributed by atoms with Gasteiger partial charge in [0.2, 0.25) is 5.88 Å². The second-order valence-corrected chi connectivity index (χ2v) is 4.56. The number of rotatable bonds is 5. The van der Waals surface area contributed by atoms with Crippen LogP contribution in [0.1, 0.15) is 32.3 Å². The SMILES string of the molecule is CCCC(C)Oc1ncc(CN)c2ccccc12. The van der Waals surface area contributed by atoms with Crippen molar-refractivity contribution >= 4 is 10.8 Å². The van der Waals surface area contributed by atoms with E-state index in [1.165, 1.54) is 0 Å². The van der Waals surface area contributed by atoms with E-state index in [0.29, 0.717) is 12.4 Å². The molecular formula is C15H20N2O. The number of hydrogen-bond acceptors (Lipinski definition) is 3. The van der Waals surface area contributed by atoms with Crippen LogP contribution in [0, 0.1) is 0 Å². The summed E-state index contributed by atoms with van der Waals surface area (Å²) in [5, 5.41) is 2.18. The highest BCUT2D eigenvalue weighted by Crippen LogP contribution is 2.27. The zero-order valence-corrected chi connectivity index (χ0v) is 11.0. The second-order valence-electron chi connectivity index (χ2n) is 4.56. The first-order chi connectivity index (χ1) is 8.76. The summed E-state index contributed by atoms with van der Waals surface area (Å²) in [6, 6.07) is 8.12. The van der Waals surface area contributed by atoms with E-state index < -0.39 is 0 Å². The number of aromatic nitrogens is 1. The summed E-state index contributed by atoms with van der Waals surface area (Å²) in [5.74, 6) is 0.712. The van der Waals surface area contributed by atoms with Crippen molar-refractivity contribution in [3.63, 3.8) is 0 Å². The van der Waals surface area contributed by atoms with Gasteiger partial charge >= 0.3 is 0 Å². The lowest BCUT2D eigenvalue weighted by atomic mass is 10.1. The van der Waals surface area contributed by atoms with Gasteiger partial charge in [0, 0.05) is 18.1 Å². The summed E-state index contributed by atoms with van der Waals surface area (Å²) in [6.45, 7) is 4.73. The molecule has 0 aliphatic rings. The molecule has 3 heteroatoms. The highest BCUT2D eigenvalue weighted by atomic mass is 16.5. The molecule has 0 aliphatic heterocycles. The van der Waals surface area contributed by atoms with Crippen molar-refractivity contribution in [2.75, 3.05) is 0 Å². The molecule has 2 rings (SSSR count). The zero-order chi connectivity index (χ0) is 13.0. The number of nitrogens with zero attached hydrogens (tertiary/aromatic N) is 1. The van der Waals surface area contributed by atoms with E-state index in [9.17, 15) is 0 Å². The molecule has 96 valence electrons. The summed E-state index contributed by atoms with van der Waals surface area (Å²) in [5.41, 5.74) is 6.79. The minimum atomic E-state index is 0.189. The summed E-state index contributed by atoms with van der Waals surface area (Å²) >= 11 is 0. The van der Waals surface area contributed by atoms with Crippen molar-refractivity contribution in [1.29, 1.82) is 0 Å². The molecule has 18 heavy (non-hydrogen) atoms. The van der Waals surface area contributed by atoms with E-state index in [1.54, 1.807) is 0 Å². The second kappa shape index (κ2) is 5.83. The molecule has 0 aliphatic carbocycles.